The third-order valence-electron chi connectivity index (χ3n) is 6.84. The molecule has 4 aromatic rings. The Hall–Kier alpha value is -4.53. The Morgan fingerprint density at radius 2 is 1.95 bits per heavy atom. The van der Waals surface area contributed by atoms with E-state index in [1.165, 1.54) is 12.0 Å². The maximum Gasteiger partial charge on any atom is 0.290 e. The lowest BCUT2D eigenvalue weighted by atomic mass is 9.95. The molecule has 3 heterocycles. The summed E-state index contributed by atoms with van der Waals surface area (Å²) in [5, 5.41) is 11.7. The minimum Gasteiger partial charge on any atom is -0.503 e. The fourth-order valence-corrected chi connectivity index (χ4v) is 4.83. The summed E-state index contributed by atoms with van der Waals surface area (Å²) < 4.78 is 19.0. The molecule has 5 rings (SSSR count). The van der Waals surface area contributed by atoms with Crippen molar-refractivity contribution in [1.29, 1.82) is 0 Å². The van der Waals surface area contributed by atoms with Crippen molar-refractivity contribution in [2.45, 2.75) is 38.8 Å². The van der Waals surface area contributed by atoms with Crippen LogP contribution < -0.4 is 9.47 Å². The van der Waals surface area contributed by atoms with E-state index < -0.39 is 23.5 Å². The number of rotatable bonds is 12. The number of nitrogens with zero attached hydrogens (tertiary/aromatic N) is 3. The molecule has 0 bridgehead atoms. The van der Waals surface area contributed by atoms with E-state index in [0.717, 1.165) is 12.8 Å². The number of aromatic nitrogens is 2. The van der Waals surface area contributed by atoms with Crippen molar-refractivity contribution < 1.29 is 28.6 Å². The maximum atomic E-state index is 13.8. The number of ether oxygens (including phenoxy) is 2. The molecule has 1 amide bonds. The second kappa shape index (κ2) is 11.5. The Kier molecular flexibility index (Phi) is 7.67. The second-order valence-electron chi connectivity index (χ2n) is 9.41. The summed E-state index contributed by atoms with van der Waals surface area (Å²) in [5.41, 5.74) is 1.10. The minimum atomic E-state index is -0.785. The number of aliphatic hydroxyl groups is 1. The molecule has 39 heavy (non-hydrogen) atoms. The largest absolute Gasteiger partial charge is 0.503 e. The molecule has 0 saturated carbocycles. The zero-order valence-corrected chi connectivity index (χ0v) is 22.0. The van der Waals surface area contributed by atoms with E-state index >= 15 is 0 Å². The summed E-state index contributed by atoms with van der Waals surface area (Å²) >= 11 is 0. The molecular formula is C30H31N3O6. The first-order valence-electron chi connectivity index (χ1n) is 13.1. The Morgan fingerprint density at radius 1 is 1.13 bits per heavy atom. The van der Waals surface area contributed by atoms with Gasteiger partial charge < -0.3 is 28.5 Å². The number of para-hydroxylation sites is 1. The number of benzene rings is 2. The number of ketones is 1. The van der Waals surface area contributed by atoms with Gasteiger partial charge in [0.15, 0.2) is 22.9 Å². The number of aliphatic hydroxyl groups excluding tert-OH is 1. The summed E-state index contributed by atoms with van der Waals surface area (Å²) in [5.74, 6) is -0.496. The highest BCUT2D eigenvalue weighted by molar-refractivity contribution is 6.16. The zero-order chi connectivity index (χ0) is 27.4. The SMILES string of the molecule is CCCCOc1ccc(C2C(C(=O)c3cc4cccc(OC)c4o3)=C(O)C(=O)N2CCCn2ccnc2)cc1. The molecular weight excluding hydrogens is 498 g/mol. The summed E-state index contributed by atoms with van der Waals surface area (Å²) in [7, 11) is 1.52. The van der Waals surface area contributed by atoms with Gasteiger partial charge in [-0.1, -0.05) is 37.6 Å². The molecule has 1 atom stereocenters. The zero-order valence-electron chi connectivity index (χ0n) is 22.0. The predicted octanol–water partition coefficient (Wildman–Crippen LogP) is 5.49. The topological polar surface area (TPSA) is 107 Å². The van der Waals surface area contributed by atoms with Crippen molar-refractivity contribution in [3.63, 3.8) is 0 Å². The first-order chi connectivity index (χ1) is 19.0. The molecule has 202 valence electrons. The van der Waals surface area contributed by atoms with E-state index in [2.05, 4.69) is 11.9 Å². The highest BCUT2D eigenvalue weighted by atomic mass is 16.5. The lowest BCUT2D eigenvalue weighted by Crippen LogP contribution is -2.32. The number of hydrogen-bond donors (Lipinski definition) is 1. The van der Waals surface area contributed by atoms with Crippen molar-refractivity contribution in [1.82, 2.24) is 14.5 Å². The Balaban J connectivity index is 1.47. The van der Waals surface area contributed by atoms with E-state index in [-0.39, 0.29) is 11.3 Å². The van der Waals surface area contributed by atoms with Crippen LogP contribution in [0.1, 0.15) is 48.3 Å². The van der Waals surface area contributed by atoms with E-state index in [0.29, 0.717) is 54.1 Å². The fourth-order valence-electron chi connectivity index (χ4n) is 4.83. The van der Waals surface area contributed by atoms with Crippen molar-refractivity contribution in [2.75, 3.05) is 20.3 Å². The highest BCUT2D eigenvalue weighted by Gasteiger charge is 2.44. The molecule has 1 N–H and O–H groups in total. The number of imidazole rings is 1. The average molecular weight is 530 g/mol. The molecule has 0 aliphatic carbocycles. The Labute approximate surface area is 226 Å². The van der Waals surface area contributed by atoms with Crippen LogP contribution in [0.4, 0.5) is 0 Å². The van der Waals surface area contributed by atoms with Gasteiger partial charge in [0.05, 0.1) is 31.7 Å². The van der Waals surface area contributed by atoms with E-state index in [4.69, 9.17) is 13.9 Å². The Morgan fingerprint density at radius 3 is 2.67 bits per heavy atom. The Bertz CT molecular complexity index is 1490. The number of furan rings is 1. The number of hydrogen-bond acceptors (Lipinski definition) is 7. The summed E-state index contributed by atoms with van der Waals surface area (Å²) in [4.78, 5) is 32.7. The van der Waals surface area contributed by atoms with Crippen LogP contribution in [0.5, 0.6) is 11.5 Å². The van der Waals surface area contributed by atoms with Crippen LogP contribution in [-0.4, -0.2) is 51.5 Å². The molecule has 9 heteroatoms. The van der Waals surface area contributed by atoms with Crippen LogP contribution in [0.3, 0.4) is 0 Å². The van der Waals surface area contributed by atoms with Crippen LogP contribution in [0.25, 0.3) is 11.0 Å². The molecule has 2 aromatic heterocycles. The smallest absolute Gasteiger partial charge is 0.290 e. The van der Waals surface area contributed by atoms with Crippen molar-refractivity contribution in [3.8, 4) is 11.5 Å². The lowest BCUT2D eigenvalue weighted by molar-refractivity contribution is -0.129. The standard InChI is InChI=1S/C30H31N3O6/c1-3-4-17-38-22-11-9-20(10-12-22)26-25(27(34)24-18-21-7-5-8-23(37-2)29(21)39-24)28(35)30(36)33(26)15-6-14-32-16-13-31-19-32/h5,7-13,16,18-19,26,35H,3-4,6,14-15,17H2,1-2H3. The average Bonchev–Trinajstić information content (AvgIpc) is 3.69. The molecule has 9 nitrogen and oxygen atoms in total. The number of carbonyl (C=O) groups is 2. The molecule has 0 fully saturated rings. The first-order valence-corrected chi connectivity index (χ1v) is 13.1. The molecule has 2 aromatic carbocycles. The summed E-state index contributed by atoms with van der Waals surface area (Å²) in [6.45, 7) is 3.66. The van der Waals surface area contributed by atoms with Gasteiger partial charge in [0.25, 0.3) is 5.91 Å². The third kappa shape index (κ3) is 5.25. The van der Waals surface area contributed by atoms with Crippen molar-refractivity contribution in [2.24, 2.45) is 0 Å². The molecule has 1 aliphatic rings. The summed E-state index contributed by atoms with van der Waals surface area (Å²) in [6.07, 6.45) is 7.83. The lowest BCUT2D eigenvalue weighted by Gasteiger charge is -2.27. The number of carbonyl (C=O) groups excluding carboxylic acids is 2. The van der Waals surface area contributed by atoms with Crippen LogP contribution >= 0.6 is 0 Å². The third-order valence-corrected chi connectivity index (χ3v) is 6.84. The number of Topliss-reactive ketones (excluding diaryl/α,β-unsaturated/α-hetero) is 1. The van der Waals surface area contributed by atoms with E-state index in [9.17, 15) is 14.7 Å². The van der Waals surface area contributed by atoms with Gasteiger partial charge in [-0.15, -0.1) is 0 Å². The normalized spacial score (nSPS) is 15.4. The molecule has 0 saturated heterocycles. The van der Waals surface area contributed by atoms with E-state index in [1.807, 2.05) is 41.1 Å². The molecule has 0 spiro atoms. The predicted molar refractivity (Wildman–Crippen MR) is 145 cm³/mol. The van der Waals surface area contributed by atoms with Gasteiger partial charge >= 0.3 is 0 Å². The molecule has 1 unspecified atom stereocenters. The van der Waals surface area contributed by atoms with Crippen LogP contribution in [0, 0.1) is 0 Å². The van der Waals surface area contributed by atoms with Gasteiger partial charge in [0, 0.05) is 30.9 Å². The fraction of sp³-hybridized carbons (Fsp3) is 0.300. The van der Waals surface area contributed by atoms with Crippen LogP contribution in [0.15, 0.2) is 83.0 Å². The minimum absolute atomic E-state index is 0.0136. The number of fused-ring (bicyclic) bond motifs is 1. The van der Waals surface area contributed by atoms with Gasteiger partial charge in [0.2, 0.25) is 5.78 Å². The highest BCUT2D eigenvalue weighted by Crippen LogP contribution is 2.40. The van der Waals surface area contributed by atoms with Gasteiger partial charge in [0.1, 0.15) is 5.75 Å². The van der Waals surface area contributed by atoms with E-state index in [1.54, 1.807) is 30.7 Å². The monoisotopic (exact) mass is 529 g/mol. The maximum absolute atomic E-state index is 13.8. The van der Waals surface area contributed by atoms with Crippen molar-refractivity contribution in [3.05, 3.63) is 89.9 Å². The number of amides is 1. The first kappa shape index (κ1) is 26.1. The van der Waals surface area contributed by atoms with Gasteiger partial charge in [-0.05, 0) is 42.7 Å². The van der Waals surface area contributed by atoms with Gasteiger partial charge in [-0.2, -0.15) is 0 Å². The second-order valence-corrected chi connectivity index (χ2v) is 9.41. The number of aryl methyl sites for hydroxylation is 1. The van der Waals surface area contributed by atoms with Crippen molar-refractivity contribution >= 4 is 22.7 Å². The number of methoxy groups -OCH3 is 1. The summed E-state index contributed by atoms with van der Waals surface area (Å²) in [6, 6.07) is 13.5. The van der Waals surface area contributed by atoms with Crippen LogP contribution in [0.2, 0.25) is 0 Å². The quantitative estimate of drug-likeness (QED) is 0.191. The van der Waals surface area contributed by atoms with Gasteiger partial charge in [-0.3, -0.25) is 9.59 Å². The number of unbranched alkanes of at least 4 members (excludes halogenated alkanes) is 1. The molecule has 0 radical (unpaired) electrons. The molecule has 1 aliphatic heterocycles. The van der Waals surface area contributed by atoms with Crippen LogP contribution in [-0.2, 0) is 11.3 Å². The van der Waals surface area contributed by atoms with Gasteiger partial charge in [-0.25, -0.2) is 4.98 Å².